The van der Waals surface area contributed by atoms with Gasteiger partial charge in [0.2, 0.25) is 10.0 Å². The molecule has 1 fully saturated rings. The number of likely N-dealkylation sites (tertiary alicyclic amines) is 1. The first-order chi connectivity index (χ1) is 12.5. The zero-order valence-corrected chi connectivity index (χ0v) is 17.3. The topological polar surface area (TPSA) is 85.8 Å². The molecule has 26 heavy (non-hydrogen) atoms. The van der Waals surface area contributed by atoms with Crippen LogP contribution in [-0.2, 0) is 10.0 Å². The lowest BCUT2D eigenvalue weighted by Gasteiger charge is -2.32. The normalized spacial score (nSPS) is 17.4. The molecule has 9 heteroatoms. The second-order valence-corrected chi connectivity index (χ2v) is 9.29. The molecular formula is C17H31N5O2S2. The van der Waals surface area contributed by atoms with Gasteiger partial charge in [-0.3, -0.25) is 4.99 Å². The lowest BCUT2D eigenvalue weighted by atomic mass is 10.1. The summed E-state index contributed by atoms with van der Waals surface area (Å²) in [5.74, 6) is 0.761. The first-order valence-electron chi connectivity index (χ1n) is 9.35. The van der Waals surface area contributed by atoms with Crippen LogP contribution in [-0.4, -0.2) is 64.6 Å². The molecule has 0 spiro atoms. The highest BCUT2D eigenvalue weighted by atomic mass is 32.2. The maximum atomic E-state index is 12.1. The Kier molecular flexibility index (Phi) is 8.83. The summed E-state index contributed by atoms with van der Waals surface area (Å²) < 4.78 is 27.1. The van der Waals surface area contributed by atoms with Crippen LogP contribution in [0.15, 0.2) is 26.7 Å². The van der Waals surface area contributed by atoms with Gasteiger partial charge in [0, 0.05) is 32.2 Å². The Bertz CT molecular complexity index is 638. The van der Waals surface area contributed by atoms with E-state index in [4.69, 9.17) is 0 Å². The van der Waals surface area contributed by atoms with Crippen molar-refractivity contribution in [3.63, 3.8) is 0 Å². The van der Waals surface area contributed by atoms with Gasteiger partial charge in [0.25, 0.3) is 0 Å². The third-order valence-corrected chi connectivity index (χ3v) is 7.10. The van der Waals surface area contributed by atoms with Gasteiger partial charge < -0.3 is 15.5 Å². The Morgan fingerprint density at radius 1 is 1.35 bits per heavy atom. The third-order valence-electron chi connectivity index (χ3n) is 4.25. The molecular weight excluding hydrogens is 370 g/mol. The number of aliphatic imine (C=N–C) groups is 1. The lowest BCUT2D eigenvalue weighted by Crippen LogP contribution is -2.49. The maximum Gasteiger partial charge on any atom is 0.250 e. The van der Waals surface area contributed by atoms with Crippen LogP contribution < -0.4 is 15.4 Å². The standard InChI is InChI=1S/C17H31N5O2S2/c1-3-11-22-12-7-15(8-13-22)21-17(18-4-2)19-9-10-20-26(23,24)16-6-5-14-25-16/h5-6,14-15,20H,3-4,7-13H2,1-2H3,(H2,18,19,21). The second kappa shape index (κ2) is 10.9. The quantitative estimate of drug-likeness (QED) is 0.331. The van der Waals surface area contributed by atoms with Gasteiger partial charge in [-0.2, -0.15) is 0 Å². The van der Waals surface area contributed by atoms with Crippen molar-refractivity contribution in [3.05, 3.63) is 17.5 Å². The Morgan fingerprint density at radius 3 is 2.73 bits per heavy atom. The summed E-state index contributed by atoms with van der Waals surface area (Å²) in [4.78, 5) is 7.01. The highest BCUT2D eigenvalue weighted by molar-refractivity contribution is 7.91. The van der Waals surface area contributed by atoms with E-state index >= 15 is 0 Å². The van der Waals surface area contributed by atoms with Gasteiger partial charge in [0.1, 0.15) is 4.21 Å². The van der Waals surface area contributed by atoms with E-state index in [2.05, 4.69) is 32.2 Å². The molecule has 1 aromatic rings. The second-order valence-electron chi connectivity index (χ2n) is 6.35. The fraction of sp³-hybridized carbons (Fsp3) is 0.706. The molecule has 2 rings (SSSR count). The average molecular weight is 402 g/mol. The summed E-state index contributed by atoms with van der Waals surface area (Å²) >= 11 is 1.21. The predicted molar refractivity (Wildman–Crippen MR) is 108 cm³/mol. The van der Waals surface area contributed by atoms with E-state index in [0.29, 0.717) is 16.8 Å². The van der Waals surface area contributed by atoms with E-state index in [-0.39, 0.29) is 6.54 Å². The van der Waals surface area contributed by atoms with Crippen LogP contribution in [0.25, 0.3) is 0 Å². The molecule has 0 aliphatic carbocycles. The molecule has 1 aliphatic heterocycles. The summed E-state index contributed by atoms with van der Waals surface area (Å²) in [7, 11) is -3.41. The van der Waals surface area contributed by atoms with Gasteiger partial charge in [-0.25, -0.2) is 13.1 Å². The lowest BCUT2D eigenvalue weighted by molar-refractivity contribution is 0.206. The number of guanidine groups is 1. The minimum atomic E-state index is -3.41. The van der Waals surface area contributed by atoms with Crippen LogP contribution in [0, 0.1) is 0 Å². The smallest absolute Gasteiger partial charge is 0.250 e. The highest BCUT2D eigenvalue weighted by Gasteiger charge is 2.19. The van der Waals surface area contributed by atoms with E-state index in [0.717, 1.165) is 38.4 Å². The summed E-state index contributed by atoms with van der Waals surface area (Å²) in [6, 6.07) is 3.76. The first kappa shape index (κ1) is 21.1. The number of hydrogen-bond donors (Lipinski definition) is 3. The summed E-state index contributed by atoms with van der Waals surface area (Å²) in [5.41, 5.74) is 0. The van der Waals surface area contributed by atoms with Crippen LogP contribution in [0.5, 0.6) is 0 Å². The SMILES string of the molecule is CCCN1CCC(NC(=NCCNS(=O)(=O)c2cccs2)NCC)CC1. The minimum Gasteiger partial charge on any atom is -0.357 e. The van der Waals surface area contributed by atoms with E-state index in [1.807, 2.05) is 6.92 Å². The number of piperidine rings is 1. The summed E-state index contributed by atoms with van der Waals surface area (Å²) in [5, 5.41) is 8.48. The fourth-order valence-electron chi connectivity index (χ4n) is 2.97. The van der Waals surface area contributed by atoms with Crippen molar-refractivity contribution in [2.75, 3.05) is 39.3 Å². The Morgan fingerprint density at radius 2 is 2.12 bits per heavy atom. The molecule has 1 aromatic heterocycles. The number of nitrogens with one attached hydrogen (secondary N) is 3. The van der Waals surface area contributed by atoms with Crippen molar-refractivity contribution >= 4 is 27.3 Å². The van der Waals surface area contributed by atoms with Gasteiger partial charge in [-0.15, -0.1) is 11.3 Å². The van der Waals surface area contributed by atoms with Crippen molar-refractivity contribution in [1.29, 1.82) is 0 Å². The van der Waals surface area contributed by atoms with Crippen LogP contribution in [0.1, 0.15) is 33.1 Å². The minimum absolute atomic E-state index is 0.283. The number of sulfonamides is 1. The number of hydrogen-bond acceptors (Lipinski definition) is 5. The fourth-order valence-corrected chi connectivity index (χ4v) is 5.02. The van der Waals surface area contributed by atoms with E-state index < -0.39 is 10.0 Å². The molecule has 2 heterocycles. The Hall–Kier alpha value is -1.16. The monoisotopic (exact) mass is 401 g/mol. The third kappa shape index (κ3) is 6.86. The van der Waals surface area contributed by atoms with Crippen molar-refractivity contribution < 1.29 is 8.42 Å². The van der Waals surface area contributed by atoms with Crippen LogP contribution in [0.3, 0.4) is 0 Å². The predicted octanol–water partition coefficient (Wildman–Crippen LogP) is 1.46. The maximum absolute atomic E-state index is 12.1. The van der Waals surface area contributed by atoms with Crippen LogP contribution in [0.4, 0.5) is 0 Å². The van der Waals surface area contributed by atoms with E-state index in [1.165, 1.54) is 24.3 Å². The molecule has 0 atom stereocenters. The van der Waals surface area contributed by atoms with Gasteiger partial charge in [-0.1, -0.05) is 13.0 Å². The molecule has 148 valence electrons. The van der Waals surface area contributed by atoms with Gasteiger partial charge in [0.05, 0.1) is 6.54 Å². The van der Waals surface area contributed by atoms with Crippen molar-refractivity contribution in [3.8, 4) is 0 Å². The average Bonchev–Trinajstić information content (AvgIpc) is 3.16. The summed E-state index contributed by atoms with van der Waals surface area (Å²) in [6.07, 6.45) is 3.41. The molecule has 0 unspecified atom stereocenters. The molecule has 1 aliphatic rings. The van der Waals surface area contributed by atoms with E-state index in [9.17, 15) is 8.42 Å². The molecule has 0 amide bonds. The van der Waals surface area contributed by atoms with Crippen LogP contribution >= 0.6 is 11.3 Å². The first-order valence-corrected chi connectivity index (χ1v) is 11.7. The number of thiophene rings is 1. The Balaban J connectivity index is 1.78. The number of rotatable bonds is 9. The molecule has 7 nitrogen and oxygen atoms in total. The Labute approximate surface area is 161 Å². The van der Waals surface area contributed by atoms with Gasteiger partial charge >= 0.3 is 0 Å². The summed E-state index contributed by atoms with van der Waals surface area (Å²) in [6.45, 7) is 9.11. The zero-order chi connectivity index (χ0) is 18.8. The molecule has 0 saturated carbocycles. The number of nitrogens with zero attached hydrogens (tertiary/aromatic N) is 2. The van der Waals surface area contributed by atoms with Crippen molar-refractivity contribution in [1.82, 2.24) is 20.3 Å². The van der Waals surface area contributed by atoms with Crippen molar-refractivity contribution in [2.45, 2.75) is 43.4 Å². The van der Waals surface area contributed by atoms with Crippen molar-refractivity contribution in [2.24, 2.45) is 4.99 Å². The van der Waals surface area contributed by atoms with E-state index in [1.54, 1.807) is 17.5 Å². The largest absolute Gasteiger partial charge is 0.357 e. The zero-order valence-electron chi connectivity index (χ0n) is 15.7. The molecule has 1 saturated heterocycles. The molecule has 0 bridgehead atoms. The molecule has 0 aromatic carbocycles. The molecule has 3 N–H and O–H groups in total. The van der Waals surface area contributed by atoms with Crippen LogP contribution in [0.2, 0.25) is 0 Å². The van der Waals surface area contributed by atoms with Gasteiger partial charge in [-0.05, 0) is 44.2 Å². The highest BCUT2D eigenvalue weighted by Crippen LogP contribution is 2.14. The van der Waals surface area contributed by atoms with Gasteiger partial charge in [0.15, 0.2) is 5.96 Å². The molecule has 0 radical (unpaired) electrons.